The van der Waals surface area contributed by atoms with E-state index in [0.29, 0.717) is 5.69 Å². The lowest BCUT2D eigenvalue weighted by Crippen LogP contribution is -1.74. The maximum atomic E-state index is 9.88. The minimum absolute atomic E-state index is 0.620. The van der Waals surface area contributed by atoms with E-state index in [2.05, 4.69) is 11.6 Å². The molecule has 0 bridgehead atoms. The van der Waals surface area contributed by atoms with Crippen molar-refractivity contribution in [2.75, 3.05) is 0 Å². The maximum Gasteiger partial charge on any atom is 0.240 e. The molecule has 0 amide bonds. The van der Waals surface area contributed by atoms with Crippen molar-refractivity contribution in [2.45, 2.75) is 6.92 Å². The third-order valence-electron chi connectivity index (χ3n) is 1.53. The fraction of sp³-hybridized carbons (Fsp3) is 0.100. The summed E-state index contributed by atoms with van der Waals surface area (Å²) in [5, 5.41) is 0. The lowest BCUT2D eigenvalue weighted by molar-refractivity contribution is 0.565. The Labute approximate surface area is 71.3 Å². The zero-order chi connectivity index (χ0) is 8.97. The standard InChI is InChI=1S/C10H9NO/c1-8(2)9-3-5-10(6-4-9)11-7-12/h3-6H,1H2,2H3. The number of isocyanates is 1. The Morgan fingerprint density at radius 3 is 2.42 bits per heavy atom. The molecule has 0 aliphatic carbocycles. The number of hydrogen-bond acceptors (Lipinski definition) is 2. The number of allylic oxidation sites excluding steroid dienone is 1. The van der Waals surface area contributed by atoms with Crippen molar-refractivity contribution in [3.63, 3.8) is 0 Å². The normalized spacial score (nSPS) is 8.75. The van der Waals surface area contributed by atoms with Crippen molar-refractivity contribution in [1.29, 1.82) is 0 Å². The molecule has 0 aliphatic heterocycles. The summed E-state index contributed by atoms with van der Waals surface area (Å²) in [6, 6.07) is 7.26. The molecule has 60 valence electrons. The molecule has 12 heavy (non-hydrogen) atoms. The molecule has 1 rings (SSSR count). The van der Waals surface area contributed by atoms with Crippen molar-refractivity contribution < 1.29 is 4.79 Å². The minimum atomic E-state index is 0.620. The second-order valence-corrected chi connectivity index (χ2v) is 2.53. The topological polar surface area (TPSA) is 29.4 Å². The Bertz CT molecular complexity index is 310. The number of benzene rings is 1. The molecule has 2 nitrogen and oxygen atoms in total. The molecule has 0 N–H and O–H groups in total. The first kappa shape index (κ1) is 8.44. The Morgan fingerprint density at radius 1 is 1.42 bits per heavy atom. The van der Waals surface area contributed by atoms with E-state index >= 15 is 0 Å². The number of nitrogens with zero attached hydrogens (tertiary/aromatic N) is 1. The molecule has 0 radical (unpaired) electrons. The third kappa shape index (κ3) is 1.91. The van der Waals surface area contributed by atoms with E-state index in [0.717, 1.165) is 11.1 Å². The second-order valence-electron chi connectivity index (χ2n) is 2.53. The molecule has 0 heterocycles. The quantitative estimate of drug-likeness (QED) is 0.482. The van der Waals surface area contributed by atoms with Crippen LogP contribution in [0.25, 0.3) is 5.57 Å². The lowest BCUT2D eigenvalue weighted by atomic mass is 10.1. The largest absolute Gasteiger partial charge is 0.240 e. The Balaban J connectivity index is 3.00. The van der Waals surface area contributed by atoms with Gasteiger partial charge < -0.3 is 0 Å². The van der Waals surface area contributed by atoms with Crippen LogP contribution < -0.4 is 0 Å². The molecule has 1 aromatic rings. The van der Waals surface area contributed by atoms with Gasteiger partial charge in [-0.3, -0.25) is 0 Å². The highest BCUT2D eigenvalue weighted by atomic mass is 16.1. The van der Waals surface area contributed by atoms with E-state index in [9.17, 15) is 4.79 Å². The lowest BCUT2D eigenvalue weighted by Gasteiger charge is -1.97. The summed E-state index contributed by atoms with van der Waals surface area (Å²) in [6.07, 6.45) is 1.49. The molecule has 2 heteroatoms. The monoisotopic (exact) mass is 159 g/mol. The first-order valence-electron chi connectivity index (χ1n) is 3.58. The number of hydrogen-bond donors (Lipinski definition) is 0. The second kappa shape index (κ2) is 3.65. The van der Waals surface area contributed by atoms with Crippen LogP contribution in [0.1, 0.15) is 12.5 Å². The molecule has 0 aromatic heterocycles. The first-order valence-corrected chi connectivity index (χ1v) is 3.58. The average Bonchev–Trinajstić information content (AvgIpc) is 2.06. The van der Waals surface area contributed by atoms with Gasteiger partial charge in [0, 0.05) is 0 Å². The zero-order valence-electron chi connectivity index (χ0n) is 6.87. The maximum absolute atomic E-state index is 9.88. The molecule has 0 saturated heterocycles. The van der Waals surface area contributed by atoms with Crippen LogP contribution in [0.15, 0.2) is 35.8 Å². The smallest absolute Gasteiger partial charge is 0.211 e. The van der Waals surface area contributed by atoms with Gasteiger partial charge in [-0.05, 0) is 24.6 Å². The summed E-state index contributed by atoms with van der Waals surface area (Å²) in [5.74, 6) is 0. The molecule has 0 fully saturated rings. The molecular formula is C10H9NO. The van der Waals surface area contributed by atoms with Gasteiger partial charge in [-0.15, -0.1) is 0 Å². The molecular weight excluding hydrogens is 150 g/mol. The predicted octanol–water partition coefficient (Wildman–Crippen LogP) is 2.69. The van der Waals surface area contributed by atoms with Gasteiger partial charge >= 0.3 is 0 Å². The average molecular weight is 159 g/mol. The predicted molar refractivity (Wildman–Crippen MR) is 48.9 cm³/mol. The van der Waals surface area contributed by atoms with Gasteiger partial charge in [-0.1, -0.05) is 24.3 Å². The summed E-state index contributed by atoms with van der Waals surface area (Å²) in [5.41, 5.74) is 2.67. The van der Waals surface area contributed by atoms with E-state index < -0.39 is 0 Å². The van der Waals surface area contributed by atoms with Crippen LogP contribution >= 0.6 is 0 Å². The van der Waals surface area contributed by atoms with Gasteiger partial charge in [-0.25, -0.2) is 4.79 Å². The minimum Gasteiger partial charge on any atom is -0.211 e. The Morgan fingerprint density at radius 2 is 2.00 bits per heavy atom. The highest BCUT2D eigenvalue weighted by Gasteiger charge is 1.92. The van der Waals surface area contributed by atoms with Crippen LogP contribution in [0.3, 0.4) is 0 Å². The highest BCUT2D eigenvalue weighted by Crippen LogP contribution is 2.16. The summed E-state index contributed by atoms with van der Waals surface area (Å²) in [4.78, 5) is 13.4. The molecule has 0 unspecified atom stereocenters. The van der Waals surface area contributed by atoms with Gasteiger partial charge in [0.15, 0.2) is 0 Å². The van der Waals surface area contributed by atoms with Gasteiger partial charge in [0.05, 0.1) is 5.69 Å². The fourth-order valence-corrected chi connectivity index (χ4v) is 0.873. The van der Waals surface area contributed by atoms with Crippen molar-refractivity contribution in [2.24, 2.45) is 4.99 Å². The summed E-state index contributed by atoms with van der Waals surface area (Å²) >= 11 is 0. The fourth-order valence-electron chi connectivity index (χ4n) is 0.873. The van der Waals surface area contributed by atoms with Crippen LogP contribution in [0, 0.1) is 0 Å². The van der Waals surface area contributed by atoms with Crippen LogP contribution in [0.4, 0.5) is 5.69 Å². The van der Waals surface area contributed by atoms with Crippen molar-refractivity contribution in [1.82, 2.24) is 0 Å². The Kier molecular flexibility index (Phi) is 2.57. The molecule has 0 atom stereocenters. The van der Waals surface area contributed by atoms with Gasteiger partial charge in [0.25, 0.3) is 0 Å². The van der Waals surface area contributed by atoms with Crippen molar-refractivity contribution in [3.8, 4) is 0 Å². The van der Waals surface area contributed by atoms with Gasteiger partial charge in [0.2, 0.25) is 6.08 Å². The summed E-state index contributed by atoms with van der Waals surface area (Å²) < 4.78 is 0. The van der Waals surface area contributed by atoms with Crippen molar-refractivity contribution in [3.05, 3.63) is 36.4 Å². The molecule has 0 aliphatic rings. The van der Waals surface area contributed by atoms with E-state index in [1.165, 1.54) is 6.08 Å². The first-order chi connectivity index (χ1) is 5.74. The van der Waals surface area contributed by atoms with Gasteiger partial charge in [0.1, 0.15) is 0 Å². The molecule has 0 spiro atoms. The van der Waals surface area contributed by atoms with Crippen LogP contribution in [-0.2, 0) is 4.79 Å². The SMILES string of the molecule is C=C(C)c1ccc(N=C=O)cc1. The number of aliphatic imine (C=N–C) groups is 1. The zero-order valence-corrected chi connectivity index (χ0v) is 6.87. The summed E-state index contributed by atoms with van der Waals surface area (Å²) in [7, 11) is 0. The Hall–Kier alpha value is -1.66. The van der Waals surface area contributed by atoms with Crippen LogP contribution in [0.2, 0.25) is 0 Å². The third-order valence-corrected chi connectivity index (χ3v) is 1.53. The van der Waals surface area contributed by atoms with Gasteiger partial charge in [-0.2, -0.15) is 4.99 Å². The van der Waals surface area contributed by atoms with E-state index in [-0.39, 0.29) is 0 Å². The number of rotatable bonds is 2. The molecule has 1 aromatic carbocycles. The van der Waals surface area contributed by atoms with Crippen molar-refractivity contribution >= 4 is 17.3 Å². The highest BCUT2D eigenvalue weighted by molar-refractivity contribution is 5.63. The van der Waals surface area contributed by atoms with Crippen LogP contribution in [0.5, 0.6) is 0 Å². The molecule has 0 saturated carbocycles. The van der Waals surface area contributed by atoms with E-state index in [1.54, 1.807) is 12.1 Å². The van der Waals surface area contributed by atoms with E-state index in [1.807, 2.05) is 19.1 Å². The van der Waals surface area contributed by atoms with Crippen LogP contribution in [-0.4, -0.2) is 6.08 Å². The van der Waals surface area contributed by atoms with E-state index in [4.69, 9.17) is 0 Å². The number of carbonyl (C=O) groups excluding carboxylic acids is 1. The summed E-state index contributed by atoms with van der Waals surface area (Å²) in [6.45, 7) is 5.72.